The van der Waals surface area contributed by atoms with E-state index in [0.717, 1.165) is 43.6 Å². The molecule has 3 N–H and O–H groups in total. The fourth-order valence-electron chi connectivity index (χ4n) is 2.03. The lowest BCUT2D eigenvalue weighted by Gasteiger charge is -2.11. The highest BCUT2D eigenvalue weighted by molar-refractivity contribution is 14.0. The molecule has 21 heavy (non-hydrogen) atoms. The average Bonchev–Trinajstić information content (AvgIpc) is 3.17. The number of guanidine groups is 1. The van der Waals surface area contributed by atoms with Crippen LogP contribution < -0.4 is 16.0 Å². The first-order chi connectivity index (χ1) is 9.79. The molecular formula is C15H26IN5. The van der Waals surface area contributed by atoms with Crippen LogP contribution in [0.4, 0.5) is 5.82 Å². The van der Waals surface area contributed by atoms with E-state index in [1.54, 1.807) is 6.20 Å². The Kier molecular flexibility index (Phi) is 8.41. The molecule has 2 rings (SSSR count). The third-order valence-electron chi connectivity index (χ3n) is 3.52. The van der Waals surface area contributed by atoms with Crippen molar-refractivity contribution in [2.75, 3.05) is 25.5 Å². The number of anilines is 1. The zero-order valence-electron chi connectivity index (χ0n) is 12.8. The molecule has 1 aliphatic rings. The molecule has 1 heterocycles. The Morgan fingerprint density at radius 2 is 2.10 bits per heavy atom. The van der Waals surface area contributed by atoms with E-state index in [4.69, 9.17) is 0 Å². The first kappa shape index (κ1) is 18.0. The minimum Gasteiger partial charge on any atom is -0.370 e. The van der Waals surface area contributed by atoms with E-state index in [1.165, 1.54) is 6.42 Å². The predicted octanol–water partition coefficient (Wildman–Crippen LogP) is 2.47. The van der Waals surface area contributed by atoms with Gasteiger partial charge in [-0.1, -0.05) is 13.0 Å². The maximum absolute atomic E-state index is 4.24. The molecule has 0 bridgehead atoms. The SMILES string of the molecule is CN=C(NCCCCNc1ccccn1)NC1CC1C.I. The van der Waals surface area contributed by atoms with Crippen molar-refractivity contribution in [3.05, 3.63) is 24.4 Å². The highest BCUT2D eigenvalue weighted by Crippen LogP contribution is 2.28. The molecule has 1 aromatic rings. The Bertz CT molecular complexity index is 423. The van der Waals surface area contributed by atoms with Crippen molar-refractivity contribution >= 4 is 35.8 Å². The lowest BCUT2D eigenvalue weighted by molar-refractivity contribution is 0.703. The summed E-state index contributed by atoms with van der Waals surface area (Å²) in [5.41, 5.74) is 0. The zero-order chi connectivity index (χ0) is 14.2. The van der Waals surface area contributed by atoms with Crippen LogP contribution in [0.2, 0.25) is 0 Å². The summed E-state index contributed by atoms with van der Waals surface area (Å²) in [4.78, 5) is 8.47. The van der Waals surface area contributed by atoms with Crippen LogP contribution in [0.3, 0.4) is 0 Å². The van der Waals surface area contributed by atoms with E-state index in [0.29, 0.717) is 6.04 Å². The van der Waals surface area contributed by atoms with Gasteiger partial charge in [0.05, 0.1) is 0 Å². The van der Waals surface area contributed by atoms with E-state index < -0.39 is 0 Å². The van der Waals surface area contributed by atoms with Crippen molar-refractivity contribution in [1.82, 2.24) is 15.6 Å². The largest absolute Gasteiger partial charge is 0.370 e. The number of hydrogen-bond acceptors (Lipinski definition) is 3. The molecule has 1 fully saturated rings. The van der Waals surface area contributed by atoms with Crippen molar-refractivity contribution in [1.29, 1.82) is 0 Å². The zero-order valence-corrected chi connectivity index (χ0v) is 15.1. The molecule has 0 radical (unpaired) electrons. The summed E-state index contributed by atoms with van der Waals surface area (Å²) in [5.74, 6) is 2.66. The van der Waals surface area contributed by atoms with Crippen LogP contribution in [-0.2, 0) is 0 Å². The molecule has 0 aromatic carbocycles. The number of halogens is 1. The predicted molar refractivity (Wildman–Crippen MR) is 99.4 cm³/mol. The first-order valence-electron chi connectivity index (χ1n) is 7.41. The van der Waals surface area contributed by atoms with Crippen LogP contribution in [0.5, 0.6) is 0 Å². The number of nitrogens with one attached hydrogen (secondary N) is 3. The van der Waals surface area contributed by atoms with Gasteiger partial charge < -0.3 is 16.0 Å². The summed E-state index contributed by atoms with van der Waals surface area (Å²) in [6.45, 7) is 4.16. The Morgan fingerprint density at radius 3 is 2.71 bits per heavy atom. The standard InChI is InChI=1S/C15H25N5.HI/c1-12-11-13(12)20-15(16-2)19-10-6-5-9-18-14-7-3-4-8-17-14;/h3-4,7-8,12-13H,5-6,9-11H2,1-2H3,(H,17,18)(H2,16,19,20);1H. The molecule has 118 valence electrons. The van der Waals surface area contributed by atoms with E-state index >= 15 is 0 Å². The van der Waals surface area contributed by atoms with Gasteiger partial charge in [0.1, 0.15) is 5.82 Å². The van der Waals surface area contributed by atoms with Crippen LogP contribution in [-0.4, -0.2) is 37.1 Å². The van der Waals surface area contributed by atoms with Gasteiger partial charge >= 0.3 is 0 Å². The number of nitrogens with zero attached hydrogens (tertiary/aromatic N) is 2. The minimum atomic E-state index is 0. The van der Waals surface area contributed by atoms with Crippen molar-refractivity contribution in [3.8, 4) is 0 Å². The molecule has 0 aliphatic heterocycles. The van der Waals surface area contributed by atoms with E-state index in [1.807, 2.05) is 25.2 Å². The summed E-state index contributed by atoms with van der Waals surface area (Å²) >= 11 is 0. The van der Waals surface area contributed by atoms with Crippen molar-refractivity contribution < 1.29 is 0 Å². The van der Waals surface area contributed by atoms with E-state index in [9.17, 15) is 0 Å². The topological polar surface area (TPSA) is 61.3 Å². The third kappa shape index (κ3) is 6.97. The number of rotatable bonds is 7. The van der Waals surface area contributed by atoms with Gasteiger partial charge in [-0.25, -0.2) is 4.98 Å². The van der Waals surface area contributed by atoms with E-state index in [-0.39, 0.29) is 24.0 Å². The molecular weight excluding hydrogens is 377 g/mol. The lowest BCUT2D eigenvalue weighted by atomic mass is 10.3. The molecule has 0 saturated heterocycles. The van der Waals surface area contributed by atoms with E-state index in [2.05, 4.69) is 32.9 Å². The second-order valence-electron chi connectivity index (χ2n) is 5.31. The molecule has 2 atom stereocenters. The van der Waals surface area contributed by atoms with Crippen molar-refractivity contribution in [2.45, 2.75) is 32.2 Å². The van der Waals surface area contributed by atoms with Gasteiger partial charge in [-0.2, -0.15) is 0 Å². The molecule has 5 nitrogen and oxygen atoms in total. The maximum Gasteiger partial charge on any atom is 0.191 e. The number of aromatic nitrogens is 1. The Labute approximate surface area is 144 Å². The summed E-state index contributed by atoms with van der Waals surface area (Å²) in [6, 6.07) is 6.52. The maximum atomic E-state index is 4.24. The summed E-state index contributed by atoms with van der Waals surface area (Å²) in [7, 11) is 1.82. The lowest BCUT2D eigenvalue weighted by Crippen LogP contribution is -2.39. The Hall–Kier alpha value is -1.05. The monoisotopic (exact) mass is 403 g/mol. The van der Waals surface area contributed by atoms with Crippen LogP contribution in [0, 0.1) is 5.92 Å². The Balaban J connectivity index is 0.00000220. The quantitative estimate of drug-likeness (QED) is 0.283. The van der Waals surface area contributed by atoms with Gasteiger partial charge in [0.2, 0.25) is 0 Å². The molecule has 1 aliphatic carbocycles. The number of aliphatic imine (C=N–C) groups is 1. The van der Waals surface area contributed by atoms with Crippen LogP contribution in [0.15, 0.2) is 29.4 Å². The molecule has 1 aromatic heterocycles. The number of unbranched alkanes of at least 4 members (excludes halogenated alkanes) is 1. The Morgan fingerprint density at radius 1 is 1.33 bits per heavy atom. The average molecular weight is 403 g/mol. The summed E-state index contributed by atoms with van der Waals surface area (Å²) in [6.07, 6.45) is 5.29. The van der Waals surface area contributed by atoms with Crippen LogP contribution >= 0.6 is 24.0 Å². The summed E-state index contributed by atoms with van der Waals surface area (Å²) in [5, 5.41) is 10.1. The van der Waals surface area contributed by atoms with Gasteiger partial charge in [0.15, 0.2) is 5.96 Å². The number of hydrogen-bond donors (Lipinski definition) is 3. The minimum absolute atomic E-state index is 0. The highest BCUT2D eigenvalue weighted by Gasteiger charge is 2.32. The fraction of sp³-hybridized carbons (Fsp3) is 0.600. The molecule has 0 spiro atoms. The molecule has 1 saturated carbocycles. The second kappa shape index (κ2) is 9.81. The van der Waals surface area contributed by atoms with Gasteiger partial charge in [0.25, 0.3) is 0 Å². The molecule has 0 amide bonds. The molecule has 2 unspecified atom stereocenters. The van der Waals surface area contributed by atoms with Gasteiger partial charge in [-0.15, -0.1) is 24.0 Å². The van der Waals surface area contributed by atoms with Gasteiger partial charge in [-0.3, -0.25) is 4.99 Å². The summed E-state index contributed by atoms with van der Waals surface area (Å²) < 4.78 is 0. The second-order valence-corrected chi connectivity index (χ2v) is 5.31. The van der Waals surface area contributed by atoms with Crippen LogP contribution in [0.1, 0.15) is 26.2 Å². The number of pyridine rings is 1. The normalized spacial score (nSPS) is 20.4. The smallest absolute Gasteiger partial charge is 0.191 e. The van der Waals surface area contributed by atoms with Crippen LogP contribution in [0.25, 0.3) is 0 Å². The van der Waals surface area contributed by atoms with Gasteiger partial charge in [0, 0.05) is 32.4 Å². The van der Waals surface area contributed by atoms with Gasteiger partial charge in [-0.05, 0) is 37.3 Å². The fourth-order valence-corrected chi connectivity index (χ4v) is 2.03. The van der Waals surface area contributed by atoms with Crippen molar-refractivity contribution in [2.24, 2.45) is 10.9 Å². The third-order valence-corrected chi connectivity index (χ3v) is 3.52. The van der Waals surface area contributed by atoms with Crippen molar-refractivity contribution in [3.63, 3.8) is 0 Å². The highest BCUT2D eigenvalue weighted by atomic mass is 127. The first-order valence-corrected chi connectivity index (χ1v) is 7.41. The molecule has 6 heteroatoms.